The quantitative estimate of drug-likeness (QED) is 0.789. The standard InChI is InChI=1S/C15H18N2OS/c1-12-4-5-13(3-2-6-16)11-14(12)15(18)17-7-9-19-10-8-17/h4-5,11H,6-10,16H2,1H3. The lowest BCUT2D eigenvalue weighted by Crippen LogP contribution is -2.38. The lowest BCUT2D eigenvalue weighted by Gasteiger charge is -2.27. The molecule has 3 nitrogen and oxygen atoms in total. The summed E-state index contributed by atoms with van der Waals surface area (Å²) >= 11 is 1.90. The van der Waals surface area contributed by atoms with Crippen LogP contribution < -0.4 is 5.73 Å². The molecule has 1 aromatic carbocycles. The minimum Gasteiger partial charge on any atom is -0.337 e. The van der Waals surface area contributed by atoms with Crippen molar-refractivity contribution in [2.45, 2.75) is 6.92 Å². The second kappa shape index (κ2) is 6.65. The number of hydrogen-bond donors (Lipinski definition) is 1. The first-order chi connectivity index (χ1) is 9.22. The lowest BCUT2D eigenvalue weighted by atomic mass is 10.0. The highest BCUT2D eigenvalue weighted by Gasteiger charge is 2.19. The zero-order chi connectivity index (χ0) is 13.7. The number of carbonyl (C=O) groups is 1. The molecule has 0 unspecified atom stereocenters. The first kappa shape index (κ1) is 14.0. The van der Waals surface area contributed by atoms with Gasteiger partial charge in [0.1, 0.15) is 0 Å². The van der Waals surface area contributed by atoms with Gasteiger partial charge < -0.3 is 10.6 Å². The van der Waals surface area contributed by atoms with Gasteiger partial charge in [0.15, 0.2) is 0 Å². The molecule has 0 atom stereocenters. The van der Waals surface area contributed by atoms with Crippen LogP contribution in [0.15, 0.2) is 18.2 Å². The molecule has 0 aromatic heterocycles. The topological polar surface area (TPSA) is 46.3 Å². The molecule has 1 saturated heterocycles. The molecule has 1 aliphatic heterocycles. The van der Waals surface area contributed by atoms with Crippen LogP contribution in [0.2, 0.25) is 0 Å². The van der Waals surface area contributed by atoms with Gasteiger partial charge in [-0.15, -0.1) is 0 Å². The largest absolute Gasteiger partial charge is 0.337 e. The number of hydrogen-bond acceptors (Lipinski definition) is 3. The van der Waals surface area contributed by atoms with Crippen molar-refractivity contribution in [3.63, 3.8) is 0 Å². The van der Waals surface area contributed by atoms with Crippen LogP contribution in [0.3, 0.4) is 0 Å². The van der Waals surface area contributed by atoms with E-state index in [1.54, 1.807) is 0 Å². The van der Waals surface area contributed by atoms with Crippen molar-refractivity contribution in [3.8, 4) is 11.8 Å². The van der Waals surface area contributed by atoms with Gasteiger partial charge in [-0.2, -0.15) is 11.8 Å². The maximum atomic E-state index is 12.5. The Morgan fingerprint density at radius 1 is 1.42 bits per heavy atom. The van der Waals surface area contributed by atoms with E-state index >= 15 is 0 Å². The molecule has 1 aliphatic rings. The van der Waals surface area contributed by atoms with Crippen molar-refractivity contribution < 1.29 is 4.79 Å². The van der Waals surface area contributed by atoms with Gasteiger partial charge in [0, 0.05) is 35.7 Å². The Labute approximate surface area is 118 Å². The predicted molar refractivity (Wildman–Crippen MR) is 80.3 cm³/mol. The molecule has 2 rings (SSSR count). The van der Waals surface area contributed by atoms with Gasteiger partial charge in [-0.3, -0.25) is 4.79 Å². The van der Waals surface area contributed by atoms with Crippen molar-refractivity contribution in [1.82, 2.24) is 4.90 Å². The normalized spacial score (nSPS) is 14.7. The average Bonchev–Trinajstić information content (AvgIpc) is 2.46. The smallest absolute Gasteiger partial charge is 0.254 e. The summed E-state index contributed by atoms with van der Waals surface area (Å²) in [6.07, 6.45) is 0. The molecule has 2 N–H and O–H groups in total. The third kappa shape index (κ3) is 3.52. The van der Waals surface area contributed by atoms with E-state index in [1.807, 2.05) is 41.8 Å². The minimum absolute atomic E-state index is 0.120. The van der Waals surface area contributed by atoms with Crippen LogP contribution in [0.25, 0.3) is 0 Å². The maximum absolute atomic E-state index is 12.5. The molecule has 0 bridgehead atoms. The number of nitrogens with zero attached hydrogens (tertiary/aromatic N) is 1. The average molecular weight is 274 g/mol. The Kier molecular flexibility index (Phi) is 4.89. The van der Waals surface area contributed by atoms with E-state index < -0.39 is 0 Å². The fourth-order valence-corrected chi connectivity index (χ4v) is 2.92. The highest BCUT2D eigenvalue weighted by atomic mass is 32.2. The second-order valence-corrected chi connectivity index (χ2v) is 5.66. The van der Waals surface area contributed by atoms with Gasteiger partial charge in [0.2, 0.25) is 0 Å². The van der Waals surface area contributed by atoms with Gasteiger partial charge in [-0.1, -0.05) is 17.9 Å². The van der Waals surface area contributed by atoms with Crippen LogP contribution in [-0.2, 0) is 0 Å². The Morgan fingerprint density at radius 2 is 2.16 bits per heavy atom. The highest BCUT2D eigenvalue weighted by Crippen LogP contribution is 2.17. The van der Waals surface area contributed by atoms with E-state index in [-0.39, 0.29) is 5.91 Å². The second-order valence-electron chi connectivity index (χ2n) is 4.44. The summed E-state index contributed by atoms with van der Waals surface area (Å²) < 4.78 is 0. The number of rotatable bonds is 1. The molecule has 4 heteroatoms. The molecule has 19 heavy (non-hydrogen) atoms. The van der Waals surface area contributed by atoms with Gasteiger partial charge in [0.25, 0.3) is 5.91 Å². The van der Waals surface area contributed by atoms with E-state index in [4.69, 9.17) is 5.73 Å². The Hall–Kier alpha value is -1.44. The van der Waals surface area contributed by atoms with Gasteiger partial charge >= 0.3 is 0 Å². The highest BCUT2D eigenvalue weighted by molar-refractivity contribution is 7.99. The van der Waals surface area contributed by atoms with Crippen LogP contribution in [0, 0.1) is 18.8 Å². The summed E-state index contributed by atoms with van der Waals surface area (Å²) in [4.78, 5) is 14.4. The number of amides is 1. The number of thioether (sulfide) groups is 1. The first-order valence-corrected chi connectivity index (χ1v) is 7.54. The summed E-state index contributed by atoms with van der Waals surface area (Å²) in [5, 5.41) is 0. The van der Waals surface area contributed by atoms with Gasteiger partial charge in [-0.25, -0.2) is 0 Å². The fourth-order valence-electron chi connectivity index (χ4n) is 2.02. The van der Waals surface area contributed by atoms with E-state index in [0.717, 1.165) is 41.3 Å². The van der Waals surface area contributed by atoms with E-state index in [9.17, 15) is 4.79 Å². The van der Waals surface area contributed by atoms with Crippen LogP contribution in [0.4, 0.5) is 0 Å². The summed E-state index contributed by atoms with van der Waals surface area (Å²) in [7, 11) is 0. The monoisotopic (exact) mass is 274 g/mol. The number of aryl methyl sites for hydroxylation is 1. The third-order valence-corrected chi connectivity index (χ3v) is 4.04. The zero-order valence-electron chi connectivity index (χ0n) is 11.1. The van der Waals surface area contributed by atoms with Crippen LogP contribution in [-0.4, -0.2) is 41.9 Å². The summed E-state index contributed by atoms with van der Waals surface area (Å²) in [6.45, 7) is 3.97. The summed E-state index contributed by atoms with van der Waals surface area (Å²) in [6, 6.07) is 5.76. The van der Waals surface area contributed by atoms with Crippen molar-refractivity contribution in [1.29, 1.82) is 0 Å². The van der Waals surface area contributed by atoms with Crippen LogP contribution >= 0.6 is 11.8 Å². The molecule has 0 aliphatic carbocycles. The van der Waals surface area contributed by atoms with Crippen molar-refractivity contribution in [2.24, 2.45) is 5.73 Å². The van der Waals surface area contributed by atoms with Gasteiger partial charge in [0.05, 0.1) is 6.54 Å². The number of carbonyl (C=O) groups excluding carboxylic acids is 1. The molecule has 0 saturated carbocycles. The number of benzene rings is 1. The molecule has 100 valence electrons. The van der Waals surface area contributed by atoms with Crippen LogP contribution in [0.5, 0.6) is 0 Å². The zero-order valence-corrected chi connectivity index (χ0v) is 11.9. The Morgan fingerprint density at radius 3 is 2.84 bits per heavy atom. The van der Waals surface area contributed by atoms with E-state index in [0.29, 0.717) is 6.54 Å². The number of nitrogens with two attached hydrogens (primary N) is 1. The predicted octanol–water partition coefficient (Wildman–Crippen LogP) is 1.49. The van der Waals surface area contributed by atoms with Crippen LogP contribution in [0.1, 0.15) is 21.5 Å². The van der Waals surface area contributed by atoms with E-state index in [1.165, 1.54) is 0 Å². The molecule has 1 fully saturated rings. The fraction of sp³-hybridized carbons (Fsp3) is 0.400. The van der Waals surface area contributed by atoms with Crippen molar-refractivity contribution in [2.75, 3.05) is 31.1 Å². The molecular formula is C15H18N2OS. The molecule has 1 heterocycles. The minimum atomic E-state index is 0.120. The van der Waals surface area contributed by atoms with E-state index in [2.05, 4.69) is 11.8 Å². The molecule has 1 amide bonds. The molecule has 0 radical (unpaired) electrons. The molecular weight excluding hydrogens is 256 g/mol. The Balaban J connectivity index is 2.24. The summed E-state index contributed by atoms with van der Waals surface area (Å²) in [5.74, 6) is 7.97. The van der Waals surface area contributed by atoms with Gasteiger partial charge in [-0.05, 0) is 24.6 Å². The summed E-state index contributed by atoms with van der Waals surface area (Å²) in [5.41, 5.74) is 7.98. The maximum Gasteiger partial charge on any atom is 0.254 e. The third-order valence-electron chi connectivity index (χ3n) is 3.10. The van der Waals surface area contributed by atoms with Crippen molar-refractivity contribution >= 4 is 17.7 Å². The Bertz CT molecular complexity index is 525. The SMILES string of the molecule is Cc1ccc(C#CCN)cc1C(=O)N1CCSCC1. The molecule has 0 spiro atoms. The lowest BCUT2D eigenvalue weighted by molar-refractivity contribution is 0.0771. The molecule has 1 aromatic rings. The van der Waals surface area contributed by atoms with Crippen molar-refractivity contribution in [3.05, 3.63) is 34.9 Å². The first-order valence-electron chi connectivity index (χ1n) is 6.39.